The van der Waals surface area contributed by atoms with Crippen LogP contribution in [-0.4, -0.2) is 46.1 Å². The van der Waals surface area contributed by atoms with Gasteiger partial charge in [0.15, 0.2) is 5.60 Å². The third-order valence-electron chi connectivity index (χ3n) is 6.01. The molecule has 194 valence electrons. The zero-order valence-corrected chi connectivity index (χ0v) is 21.9. The van der Waals surface area contributed by atoms with E-state index in [-0.39, 0.29) is 19.0 Å². The second-order valence-corrected chi connectivity index (χ2v) is 10.5. The molecule has 2 aromatic rings. The fraction of sp³-hybridized carbons (Fsp3) is 0.444. The number of amides is 3. The molecule has 0 aromatic heterocycles. The molecular weight excluding hydrogens is 482 g/mol. The number of rotatable bonds is 7. The first-order valence-corrected chi connectivity index (χ1v) is 12.4. The van der Waals surface area contributed by atoms with Gasteiger partial charge in [0.2, 0.25) is 5.91 Å². The van der Waals surface area contributed by atoms with E-state index in [9.17, 15) is 19.5 Å². The van der Waals surface area contributed by atoms with Gasteiger partial charge in [-0.2, -0.15) is 0 Å². The van der Waals surface area contributed by atoms with Crippen molar-refractivity contribution >= 4 is 29.5 Å². The van der Waals surface area contributed by atoms with Crippen LogP contribution >= 0.6 is 11.6 Å². The standard InChI is InChI=1S/C27H34ClN3O5/c1-26(2,3)36-25(34)30-16-18-12-13-21(28)15-19(18)17-29-23(32)22-11-8-14-31(22)24(33)27(4,35)20-9-6-5-7-10-20/h5-7,9-10,12-13,15,22,35H,8,11,14,16-17H2,1-4H3,(H,29,32)(H,30,34)/t22-,27?/m0/s1. The van der Waals surface area contributed by atoms with Gasteiger partial charge >= 0.3 is 6.09 Å². The van der Waals surface area contributed by atoms with E-state index < -0.39 is 29.2 Å². The molecule has 2 atom stereocenters. The Morgan fingerprint density at radius 3 is 2.36 bits per heavy atom. The summed E-state index contributed by atoms with van der Waals surface area (Å²) in [4.78, 5) is 39.8. The van der Waals surface area contributed by atoms with Crippen LogP contribution in [0.25, 0.3) is 0 Å². The van der Waals surface area contributed by atoms with Gasteiger partial charge < -0.3 is 25.4 Å². The number of nitrogens with one attached hydrogen (secondary N) is 2. The molecule has 0 bridgehead atoms. The molecule has 0 spiro atoms. The number of hydrogen-bond donors (Lipinski definition) is 3. The summed E-state index contributed by atoms with van der Waals surface area (Å²) in [5.41, 5.74) is -0.369. The first kappa shape index (κ1) is 27.5. The Kier molecular flexibility index (Phi) is 8.63. The Bertz CT molecular complexity index is 1100. The molecule has 8 nitrogen and oxygen atoms in total. The number of aliphatic hydroxyl groups is 1. The highest BCUT2D eigenvalue weighted by Gasteiger charge is 2.42. The Balaban J connectivity index is 1.66. The summed E-state index contributed by atoms with van der Waals surface area (Å²) < 4.78 is 5.28. The number of alkyl carbamates (subject to hydrolysis) is 1. The Hall–Kier alpha value is -3.10. The number of ether oxygens (including phenoxy) is 1. The van der Waals surface area contributed by atoms with Gasteiger partial charge in [0, 0.05) is 24.7 Å². The minimum atomic E-state index is -1.74. The van der Waals surface area contributed by atoms with Gasteiger partial charge in [-0.1, -0.05) is 48.0 Å². The fourth-order valence-electron chi connectivity index (χ4n) is 4.16. The lowest BCUT2D eigenvalue weighted by atomic mass is 9.94. The molecule has 9 heteroatoms. The maximum absolute atomic E-state index is 13.2. The first-order valence-electron chi connectivity index (χ1n) is 12.0. The highest BCUT2D eigenvalue weighted by atomic mass is 35.5. The lowest BCUT2D eigenvalue weighted by Gasteiger charge is -2.32. The molecule has 1 fully saturated rings. The van der Waals surface area contributed by atoms with Crippen LogP contribution in [0, 0.1) is 0 Å². The number of likely N-dealkylation sites (tertiary alicyclic amines) is 1. The summed E-state index contributed by atoms with van der Waals surface area (Å²) in [6, 6.07) is 13.2. The second-order valence-electron chi connectivity index (χ2n) is 10.1. The second kappa shape index (κ2) is 11.3. The van der Waals surface area contributed by atoms with Crippen molar-refractivity contribution < 1.29 is 24.2 Å². The first-order chi connectivity index (χ1) is 16.9. The van der Waals surface area contributed by atoms with Gasteiger partial charge in [-0.25, -0.2) is 4.79 Å². The Morgan fingerprint density at radius 1 is 1.03 bits per heavy atom. The van der Waals surface area contributed by atoms with Crippen molar-refractivity contribution in [1.29, 1.82) is 0 Å². The molecule has 0 saturated carbocycles. The highest BCUT2D eigenvalue weighted by molar-refractivity contribution is 6.30. The number of halogens is 1. The van der Waals surface area contributed by atoms with E-state index in [1.54, 1.807) is 63.2 Å². The van der Waals surface area contributed by atoms with E-state index in [4.69, 9.17) is 16.3 Å². The fourth-order valence-corrected chi connectivity index (χ4v) is 4.36. The molecule has 2 aromatic carbocycles. The minimum Gasteiger partial charge on any atom is -0.444 e. The zero-order chi connectivity index (χ0) is 26.5. The molecule has 1 saturated heterocycles. The highest BCUT2D eigenvalue weighted by Crippen LogP contribution is 2.28. The number of benzene rings is 2. The van der Waals surface area contributed by atoms with Gasteiger partial charge in [-0.3, -0.25) is 9.59 Å². The molecule has 3 amide bonds. The van der Waals surface area contributed by atoms with E-state index in [2.05, 4.69) is 10.6 Å². The van der Waals surface area contributed by atoms with Gasteiger partial charge in [0.05, 0.1) is 0 Å². The van der Waals surface area contributed by atoms with Gasteiger partial charge in [-0.05, 0) is 69.4 Å². The summed E-state index contributed by atoms with van der Waals surface area (Å²) in [6.45, 7) is 7.56. The number of carbonyl (C=O) groups is 3. The van der Waals surface area contributed by atoms with E-state index in [1.165, 1.54) is 11.8 Å². The third kappa shape index (κ3) is 6.98. The smallest absolute Gasteiger partial charge is 0.407 e. The molecule has 1 heterocycles. The SMILES string of the molecule is CC(C)(C)OC(=O)NCc1ccc(Cl)cc1CNC(=O)[C@@H]1CCCN1C(=O)C(C)(O)c1ccccc1. The average Bonchev–Trinajstić information content (AvgIpc) is 3.30. The molecule has 36 heavy (non-hydrogen) atoms. The molecular formula is C27H34ClN3O5. The van der Waals surface area contributed by atoms with Crippen LogP contribution in [-0.2, 0) is 33.0 Å². The minimum absolute atomic E-state index is 0.165. The quantitative estimate of drug-likeness (QED) is 0.518. The Morgan fingerprint density at radius 2 is 1.69 bits per heavy atom. The summed E-state index contributed by atoms with van der Waals surface area (Å²) in [6.07, 6.45) is 0.625. The summed E-state index contributed by atoms with van der Waals surface area (Å²) in [7, 11) is 0. The van der Waals surface area contributed by atoms with E-state index in [0.29, 0.717) is 30.0 Å². The molecule has 0 radical (unpaired) electrons. The molecule has 3 N–H and O–H groups in total. The van der Waals surface area contributed by atoms with Crippen molar-refractivity contribution in [3.8, 4) is 0 Å². The van der Waals surface area contributed by atoms with Crippen molar-refractivity contribution in [1.82, 2.24) is 15.5 Å². The molecule has 1 aliphatic heterocycles. The molecule has 1 unspecified atom stereocenters. The van der Waals surface area contributed by atoms with E-state index in [1.807, 2.05) is 6.07 Å². The normalized spacial score (nSPS) is 17.3. The summed E-state index contributed by atoms with van der Waals surface area (Å²) in [5.74, 6) is -0.813. The largest absolute Gasteiger partial charge is 0.444 e. The van der Waals surface area contributed by atoms with Crippen LogP contribution in [0.2, 0.25) is 5.02 Å². The van der Waals surface area contributed by atoms with E-state index in [0.717, 1.165) is 11.1 Å². The van der Waals surface area contributed by atoms with E-state index >= 15 is 0 Å². The van der Waals surface area contributed by atoms with Crippen molar-refractivity contribution in [3.63, 3.8) is 0 Å². The Labute approximate surface area is 217 Å². The number of carbonyl (C=O) groups excluding carboxylic acids is 3. The van der Waals surface area contributed by atoms with Crippen LogP contribution in [0.3, 0.4) is 0 Å². The lowest BCUT2D eigenvalue weighted by Crippen LogP contribution is -2.52. The monoisotopic (exact) mass is 515 g/mol. The summed E-state index contributed by atoms with van der Waals surface area (Å²) >= 11 is 6.18. The van der Waals surface area contributed by atoms with Crippen molar-refractivity contribution in [3.05, 3.63) is 70.2 Å². The van der Waals surface area contributed by atoms with Crippen molar-refractivity contribution in [2.75, 3.05) is 6.54 Å². The van der Waals surface area contributed by atoms with Crippen molar-refractivity contribution in [2.24, 2.45) is 0 Å². The van der Waals surface area contributed by atoms with Crippen molar-refractivity contribution in [2.45, 2.75) is 70.9 Å². The van der Waals surface area contributed by atoms with Crippen LogP contribution in [0.4, 0.5) is 4.79 Å². The predicted octanol–water partition coefficient (Wildman–Crippen LogP) is 3.88. The van der Waals surface area contributed by atoms with Crippen LogP contribution < -0.4 is 10.6 Å². The van der Waals surface area contributed by atoms with Crippen LogP contribution in [0.15, 0.2) is 48.5 Å². The summed E-state index contributed by atoms with van der Waals surface area (Å²) in [5, 5.41) is 17.1. The number of nitrogens with zero attached hydrogens (tertiary/aromatic N) is 1. The van der Waals surface area contributed by atoms with Crippen LogP contribution in [0.5, 0.6) is 0 Å². The maximum atomic E-state index is 13.2. The lowest BCUT2D eigenvalue weighted by molar-refractivity contribution is -0.154. The molecule has 3 rings (SSSR count). The van der Waals surface area contributed by atoms with Gasteiger partial charge in [0.1, 0.15) is 11.6 Å². The van der Waals surface area contributed by atoms with Crippen LogP contribution in [0.1, 0.15) is 57.2 Å². The predicted molar refractivity (Wildman–Crippen MR) is 137 cm³/mol. The topological polar surface area (TPSA) is 108 Å². The number of hydrogen-bond acceptors (Lipinski definition) is 5. The zero-order valence-electron chi connectivity index (χ0n) is 21.1. The van der Waals surface area contributed by atoms with Gasteiger partial charge in [-0.15, -0.1) is 0 Å². The molecule has 0 aliphatic carbocycles. The molecule has 1 aliphatic rings. The van der Waals surface area contributed by atoms with Gasteiger partial charge in [0.25, 0.3) is 5.91 Å². The third-order valence-corrected chi connectivity index (χ3v) is 6.25. The average molecular weight is 516 g/mol. The maximum Gasteiger partial charge on any atom is 0.407 e.